The van der Waals surface area contributed by atoms with Crippen LogP contribution in [0.25, 0.3) is 0 Å². The Labute approximate surface area is 212 Å². The zero-order valence-electron chi connectivity index (χ0n) is 20.9. The van der Waals surface area contributed by atoms with Crippen molar-refractivity contribution in [1.29, 1.82) is 0 Å². The van der Waals surface area contributed by atoms with E-state index in [2.05, 4.69) is 5.32 Å². The van der Waals surface area contributed by atoms with Gasteiger partial charge in [0.1, 0.15) is 5.75 Å². The van der Waals surface area contributed by atoms with Crippen LogP contribution in [0.15, 0.2) is 48.5 Å². The molecule has 2 aromatic carbocycles. The van der Waals surface area contributed by atoms with Crippen molar-refractivity contribution in [3.8, 4) is 5.75 Å². The van der Waals surface area contributed by atoms with E-state index in [-0.39, 0.29) is 30.6 Å². The fourth-order valence-electron chi connectivity index (χ4n) is 4.64. The van der Waals surface area contributed by atoms with E-state index >= 15 is 0 Å². The van der Waals surface area contributed by atoms with Gasteiger partial charge in [-0.3, -0.25) is 19.6 Å². The van der Waals surface area contributed by atoms with E-state index in [0.717, 1.165) is 5.56 Å². The monoisotopic (exact) mass is 496 g/mol. The van der Waals surface area contributed by atoms with Gasteiger partial charge < -0.3 is 15.2 Å². The molecule has 4 N–H and O–H groups in total. The van der Waals surface area contributed by atoms with Gasteiger partial charge in [0.15, 0.2) is 5.78 Å². The molecule has 2 bridgehead atoms. The Morgan fingerprint density at radius 2 is 1.78 bits per heavy atom. The number of Topliss-reactive ketones (excluding diaryl/α,β-unsaturated/α-hetero) is 1. The first-order chi connectivity index (χ1) is 17.3. The maximum absolute atomic E-state index is 13.6. The first-order valence-electron chi connectivity index (χ1n) is 12.5. The first kappa shape index (κ1) is 27.4. The second kappa shape index (κ2) is 13.2. The minimum Gasteiger partial charge on any atom is -0.494 e. The number of aliphatic hydroxyl groups is 1. The molecule has 2 aromatic rings. The van der Waals surface area contributed by atoms with Crippen molar-refractivity contribution in [3.63, 3.8) is 0 Å². The normalized spacial score (nSPS) is 21.1. The topological polar surface area (TPSA) is 125 Å². The van der Waals surface area contributed by atoms with Crippen LogP contribution in [0.3, 0.4) is 0 Å². The third-order valence-corrected chi connectivity index (χ3v) is 6.59. The van der Waals surface area contributed by atoms with Gasteiger partial charge >= 0.3 is 0 Å². The van der Waals surface area contributed by atoms with Crippen molar-refractivity contribution in [3.05, 3.63) is 65.2 Å². The average Bonchev–Trinajstić information content (AvgIpc) is 2.89. The molecule has 194 valence electrons. The molecule has 36 heavy (non-hydrogen) atoms. The molecular weight excluding hydrogens is 460 g/mol. The van der Waals surface area contributed by atoms with Gasteiger partial charge in [-0.25, -0.2) is 5.48 Å². The van der Waals surface area contributed by atoms with Crippen molar-refractivity contribution in [1.82, 2.24) is 10.8 Å². The molecule has 4 rings (SSSR count). The van der Waals surface area contributed by atoms with Crippen molar-refractivity contribution < 1.29 is 29.4 Å². The summed E-state index contributed by atoms with van der Waals surface area (Å²) in [6.45, 7) is 4.28. The molecule has 0 saturated heterocycles. The molecule has 0 radical (unpaired) electrons. The van der Waals surface area contributed by atoms with E-state index in [0.29, 0.717) is 49.2 Å². The maximum atomic E-state index is 13.6. The molecule has 2 heterocycles. The summed E-state index contributed by atoms with van der Waals surface area (Å²) in [6.07, 6.45) is 2.43. The van der Waals surface area contributed by atoms with Gasteiger partial charge in [-0.15, -0.1) is 0 Å². The first-order valence-corrected chi connectivity index (χ1v) is 12.5. The fraction of sp³-hybridized carbons (Fsp3) is 0.464. The molecule has 2 aliphatic heterocycles. The Hall–Kier alpha value is -3.23. The number of ether oxygens (including phenoxy) is 1. The lowest BCUT2D eigenvalue weighted by atomic mass is 9.81. The number of fused-ring (bicyclic) bond motifs is 12. The Balaban J connectivity index is 1.97. The highest BCUT2D eigenvalue weighted by molar-refractivity contribution is 6.02. The van der Waals surface area contributed by atoms with Crippen LogP contribution in [-0.2, 0) is 22.6 Å². The molecule has 0 saturated carbocycles. The summed E-state index contributed by atoms with van der Waals surface area (Å²) in [4.78, 5) is 39.8. The van der Waals surface area contributed by atoms with Gasteiger partial charge in [0.2, 0.25) is 11.8 Å². The highest BCUT2D eigenvalue weighted by Crippen LogP contribution is 2.27. The lowest BCUT2D eigenvalue weighted by Gasteiger charge is -2.28. The number of benzene rings is 2. The number of nitrogens with one attached hydrogen (secondary N) is 2. The molecule has 0 aliphatic carbocycles. The Morgan fingerprint density at radius 3 is 2.39 bits per heavy atom. The SMILES string of the molecule is CC(C)C[C@H]1C(=O)N[C@H](C(=O)c2ccc(CO)cc2)Cc2ccc(cc2)OCCCC[C@@H]1C(=O)NO. The number of aliphatic hydroxyl groups excluding tert-OH is 1. The average molecular weight is 497 g/mol. The third kappa shape index (κ3) is 7.38. The van der Waals surface area contributed by atoms with Gasteiger partial charge in [-0.05, 0) is 54.9 Å². The zero-order valence-corrected chi connectivity index (χ0v) is 20.9. The zero-order chi connectivity index (χ0) is 26.1. The smallest absolute Gasteiger partial charge is 0.247 e. The Kier molecular flexibility index (Phi) is 10.0. The number of ketones is 1. The van der Waals surface area contributed by atoms with Crippen LogP contribution in [0.2, 0.25) is 0 Å². The quantitative estimate of drug-likeness (QED) is 0.276. The van der Waals surface area contributed by atoms with Crippen molar-refractivity contribution in [2.24, 2.45) is 17.8 Å². The second-order valence-corrected chi connectivity index (χ2v) is 9.79. The number of hydrogen-bond donors (Lipinski definition) is 4. The predicted octanol–water partition coefficient (Wildman–Crippen LogP) is 3.44. The molecular formula is C28H36N2O6. The molecule has 0 spiro atoms. The van der Waals surface area contributed by atoms with E-state index < -0.39 is 23.8 Å². The number of hydrogen-bond acceptors (Lipinski definition) is 6. The standard InChI is InChI=1S/C28H36N2O6/c1-18(2)15-24-23(28(34)30-35)5-3-4-14-36-22-12-8-19(9-13-22)16-25(29-27(24)33)26(32)21-10-6-20(17-31)7-11-21/h6-13,18,23-25,31,35H,3-5,14-17H2,1-2H3,(H,29,33)(H,30,34)/t23-,24+,25-/m0/s1. The molecule has 3 atom stereocenters. The lowest BCUT2D eigenvalue weighted by molar-refractivity contribution is -0.141. The van der Waals surface area contributed by atoms with Gasteiger partial charge in [0.25, 0.3) is 0 Å². The largest absolute Gasteiger partial charge is 0.494 e. The molecule has 0 aromatic heterocycles. The molecule has 0 fully saturated rings. The number of carbonyl (C=O) groups excluding carboxylic acids is 3. The van der Waals surface area contributed by atoms with E-state index in [1.165, 1.54) is 0 Å². The summed E-state index contributed by atoms with van der Waals surface area (Å²) in [5.74, 6) is -1.87. The molecule has 2 aliphatic rings. The summed E-state index contributed by atoms with van der Waals surface area (Å²) in [5.41, 5.74) is 3.69. The Bertz CT molecular complexity index is 1020. The van der Waals surface area contributed by atoms with Gasteiger partial charge in [-0.2, -0.15) is 0 Å². The van der Waals surface area contributed by atoms with Gasteiger partial charge in [0, 0.05) is 17.9 Å². The molecule has 8 nitrogen and oxygen atoms in total. The van der Waals surface area contributed by atoms with Gasteiger partial charge in [-0.1, -0.05) is 50.2 Å². The summed E-state index contributed by atoms with van der Waals surface area (Å²) < 4.78 is 5.82. The van der Waals surface area contributed by atoms with Crippen molar-refractivity contribution >= 4 is 17.6 Å². The predicted molar refractivity (Wildman–Crippen MR) is 134 cm³/mol. The van der Waals surface area contributed by atoms with Crippen molar-refractivity contribution in [2.75, 3.05) is 6.61 Å². The van der Waals surface area contributed by atoms with Crippen LogP contribution in [0.4, 0.5) is 0 Å². The summed E-state index contributed by atoms with van der Waals surface area (Å²) in [7, 11) is 0. The number of rotatable bonds is 6. The van der Waals surface area contributed by atoms with E-state index in [9.17, 15) is 24.7 Å². The van der Waals surface area contributed by atoms with Crippen LogP contribution in [0.1, 0.15) is 61.0 Å². The van der Waals surface area contributed by atoms with Crippen molar-refractivity contribution in [2.45, 2.75) is 58.6 Å². The van der Waals surface area contributed by atoms with E-state index in [1.54, 1.807) is 29.7 Å². The maximum Gasteiger partial charge on any atom is 0.247 e. The minimum atomic E-state index is -0.859. The Morgan fingerprint density at radius 1 is 1.08 bits per heavy atom. The van der Waals surface area contributed by atoms with E-state index in [4.69, 9.17) is 4.74 Å². The lowest BCUT2D eigenvalue weighted by Crippen LogP contribution is -2.48. The van der Waals surface area contributed by atoms with Gasteiger partial charge in [0.05, 0.1) is 25.2 Å². The number of carbonyl (C=O) groups is 3. The minimum absolute atomic E-state index is 0.118. The second-order valence-electron chi connectivity index (χ2n) is 9.79. The third-order valence-electron chi connectivity index (χ3n) is 6.59. The van der Waals surface area contributed by atoms with Crippen LogP contribution in [0.5, 0.6) is 5.75 Å². The number of amides is 2. The fourth-order valence-corrected chi connectivity index (χ4v) is 4.64. The summed E-state index contributed by atoms with van der Waals surface area (Å²) in [5, 5.41) is 21.7. The summed E-state index contributed by atoms with van der Waals surface area (Å²) in [6, 6.07) is 13.2. The van der Waals surface area contributed by atoms with E-state index in [1.807, 2.05) is 38.1 Å². The highest BCUT2D eigenvalue weighted by Gasteiger charge is 2.36. The highest BCUT2D eigenvalue weighted by atomic mass is 16.5. The number of hydroxylamine groups is 1. The van der Waals surface area contributed by atoms with Crippen LogP contribution < -0.4 is 15.5 Å². The molecule has 0 unspecified atom stereocenters. The molecule has 2 amide bonds. The van der Waals surface area contributed by atoms with Crippen LogP contribution in [-0.4, -0.2) is 40.6 Å². The van der Waals surface area contributed by atoms with Crippen LogP contribution in [0, 0.1) is 17.8 Å². The summed E-state index contributed by atoms with van der Waals surface area (Å²) >= 11 is 0. The molecule has 8 heteroatoms. The van der Waals surface area contributed by atoms with Crippen LogP contribution >= 0.6 is 0 Å².